The van der Waals surface area contributed by atoms with Crippen LogP contribution in [0.5, 0.6) is 0 Å². The molecule has 1 amide bonds. The first-order valence-electron chi connectivity index (χ1n) is 6.55. The van der Waals surface area contributed by atoms with Gasteiger partial charge in [0.1, 0.15) is 16.0 Å². The van der Waals surface area contributed by atoms with Crippen molar-refractivity contribution >= 4 is 28.8 Å². The Kier molecular flexibility index (Phi) is 3.95. The van der Waals surface area contributed by atoms with Crippen LogP contribution in [0.2, 0.25) is 4.34 Å². The predicted octanol–water partition coefficient (Wildman–Crippen LogP) is 4.36. The Balaban J connectivity index is 1.73. The first-order valence-corrected chi connectivity index (χ1v) is 7.81. The van der Waals surface area contributed by atoms with Crippen LogP contribution in [0.25, 0.3) is 0 Å². The first-order chi connectivity index (χ1) is 10.1. The maximum Gasteiger partial charge on any atom is 0.253 e. The Labute approximate surface area is 129 Å². The van der Waals surface area contributed by atoms with Gasteiger partial charge in [-0.3, -0.25) is 4.79 Å². The van der Waals surface area contributed by atoms with E-state index in [0.717, 1.165) is 18.9 Å². The topological polar surface area (TPSA) is 29.1 Å². The van der Waals surface area contributed by atoms with Crippen molar-refractivity contribution in [1.29, 1.82) is 0 Å². The van der Waals surface area contributed by atoms with E-state index in [2.05, 4.69) is 5.32 Å². The Morgan fingerprint density at radius 2 is 2.10 bits per heavy atom. The number of rotatable bonds is 3. The Hall–Kier alpha value is -1.46. The lowest BCUT2D eigenvalue weighted by Gasteiger charge is -2.37. The van der Waals surface area contributed by atoms with E-state index in [9.17, 15) is 13.6 Å². The number of hydrogen-bond acceptors (Lipinski definition) is 2. The molecule has 0 radical (unpaired) electrons. The van der Waals surface area contributed by atoms with Crippen molar-refractivity contribution < 1.29 is 13.6 Å². The van der Waals surface area contributed by atoms with Gasteiger partial charge in [0.2, 0.25) is 0 Å². The fourth-order valence-electron chi connectivity index (χ4n) is 2.55. The van der Waals surface area contributed by atoms with Crippen molar-refractivity contribution in [3.05, 3.63) is 56.7 Å². The molecule has 1 saturated carbocycles. The largest absolute Gasteiger partial charge is 0.349 e. The molecule has 1 fully saturated rings. The molecule has 1 aromatic carbocycles. The summed E-state index contributed by atoms with van der Waals surface area (Å²) < 4.78 is 27.2. The zero-order chi connectivity index (χ0) is 15.0. The van der Waals surface area contributed by atoms with Crippen LogP contribution in [-0.2, 0) is 0 Å². The fraction of sp³-hybridized carbons (Fsp3) is 0.267. The van der Waals surface area contributed by atoms with E-state index in [1.165, 1.54) is 23.5 Å². The van der Waals surface area contributed by atoms with Crippen LogP contribution >= 0.6 is 22.9 Å². The lowest BCUT2D eigenvalue weighted by molar-refractivity contribution is 0.0904. The highest BCUT2D eigenvalue weighted by Gasteiger charge is 2.35. The van der Waals surface area contributed by atoms with Gasteiger partial charge in [-0.05, 0) is 35.9 Å². The van der Waals surface area contributed by atoms with Crippen molar-refractivity contribution in [2.24, 2.45) is 0 Å². The monoisotopic (exact) mass is 327 g/mol. The van der Waals surface area contributed by atoms with Gasteiger partial charge in [-0.1, -0.05) is 17.7 Å². The number of amides is 1. The van der Waals surface area contributed by atoms with Crippen LogP contribution in [-0.4, -0.2) is 11.9 Å². The van der Waals surface area contributed by atoms with Gasteiger partial charge in [-0.25, -0.2) is 8.78 Å². The van der Waals surface area contributed by atoms with E-state index in [-0.39, 0.29) is 17.9 Å². The number of benzene rings is 1. The molecule has 2 nitrogen and oxygen atoms in total. The van der Waals surface area contributed by atoms with Crippen LogP contribution in [0.1, 0.15) is 34.7 Å². The molecule has 0 unspecified atom stereocenters. The van der Waals surface area contributed by atoms with Crippen LogP contribution in [0.3, 0.4) is 0 Å². The van der Waals surface area contributed by atoms with Gasteiger partial charge in [-0.2, -0.15) is 0 Å². The molecule has 1 N–H and O–H groups in total. The summed E-state index contributed by atoms with van der Waals surface area (Å²) in [7, 11) is 0. The molecule has 1 heterocycles. The number of carbonyl (C=O) groups excluding carboxylic acids is 1. The number of nitrogens with one attached hydrogen (secondary N) is 1. The van der Waals surface area contributed by atoms with E-state index in [0.29, 0.717) is 15.5 Å². The molecule has 0 aliphatic heterocycles. The molecule has 1 aromatic heterocycles. The average molecular weight is 328 g/mol. The zero-order valence-electron chi connectivity index (χ0n) is 10.9. The lowest BCUT2D eigenvalue weighted by atomic mass is 9.74. The molecule has 6 heteroatoms. The van der Waals surface area contributed by atoms with E-state index in [1.54, 1.807) is 11.4 Å². The predicted molar refractivity (Wildman–Crippen MR) is 78.9 cm³/mol. The summed E-state index contributed by atoms with van der Waals surface area (Å²) in [5, 5.41) is 4.62. The maximum absolute atomic E-state index is 13.8. The minimum atomic E-state index is -0.596. The van der Waals surface area contributed by atoms with Gasteiger partial charge in [-0.15, -0.1) is 11.3 Å². The maximum atomic E-state index is 13.8. The van der Waals surface area contributed by atoms with E-state index >= 15 is 0 Å². The smallest absolute Gasteiger partial charge is 0.253 e. The summed E-state index contributed by atoms with van der Waals surface area (Å²) in [6.07, 6.45) is 1.54. The molecule has 0 spiro atoms. The van der Waals surface area contributed by atoms with Gasteiger partial charge in [0.25, 0.3) is 5.91 Å². The van der Waals surface area contributed by atoms with Crippen molar-refractivity contribution in [2.75, 3.05) is 0 Å². The molecule has 0 saturated heterocycles. The molecule has 0 bridgehead atoms. The first kappa shape index (κ1) is 14.5. The number of halogens is 3. The molecule has 2 aromatic rings. The van der Waals surface area contributed by atoms with Crippen molar-refractivity contribution in [2.45, 2.75) is 24.8 Å². The Bertz CT molecular complexity index is 688. The number of hydrogen-bond donors (Lipinski definition) is 1. The summed E-state index contributed by atoms with van der Waals surface area (Å²) in [5.41, 5.74) is 0.885. The summed E-state index contributed by atoms with van der Waals surface area (Å²) in [6, 6.07) is 5.08. The highest BCUT2D eigenvalue weighted by molar-refractivity contribution is 7.14. The third-order valence-corrected chi connectivity index (χ3v) is 4.99. The third-order valence-electron chi connectivity index (χ3n) is 3.82. The molecule has 21 heavy (non-hydrogen) atoms. The molecular formula is C15H12ClF2NOS. The number of thiophene rings is 1. The highest BCUT2D eigenvalue weighted by Crippen LogP contribution is 2.38. The Morgan fingerprint density at radius 3 is 2.67 bits per heavy atom. The SMILES string of the molecule is O=C(N[C@H]1CC[C@H]1c1ccc(F)cc1F)c1ccsc1Cl. The van der Waals surface area contributed by atoms with E-state index < -0.39 is 11.6 Å². The zero-order valence-corrected chi connectivity index (χ0v) is 12.5. The van der Waals surface area contributed by atoms with E-state index in [1.807, 2.05) is 0 Å². The molecular weight excluding hydrogens is 316 g/mol. The standard InChI is InChI=1S/C15H12ClF2NOS/c16-14-11(5-6-21-14)15(20)19-13-4-3-10(13)9-2-1-8(17)7-12(9)18/h1-2,5-7,10,13H,3-4H2,(H,19,20)/t10-,13-/m0/s1. The van der Waals surface area contributed by atoms with Gasteiger partial charge < -0.3 is 5.32 Å². The molecule has 110 valence electrons. The summed E-state index contributed by atoms with van der Waals surface area (Å²) in [4.78, 5) is 12.1. The van der Waals surface area contributed by atoms with Gasteiger partial charge in [0.15, 0.2) is 0 Å². The van der Waals surface area contributed by atoms with Gasteiger partial charge >= 0.3 is 0 Å². The summed E-state index contributed by atoms with van der Waals surface area (Å²) in [6.45, 7) is 0. The van der Waals surface area contributed by atoms with Crippen molar-refractivity contribution in [3.63, 3.8) is 0 Å². The van der Waals surface area contributed by atoms with Crippen LogP contribution in [0.15, 0.2) is 29.6 Å². The molecule has 1 aliphatic carbocycles. The molecule has 2 atom stereocenters. The van der Waals surface area contributed by atoms with Gasteiger partial charge in [0.05, 0.1) is 5.56 Å². The van der Waals surface area contributed by atoms with E-state index in [4.69, 9.17) is 11.6 Å². The normalized spacial score (nSPS) is 20.9. The van der Waals surface area contributed by atoms with Crippen molar-refractivity contribution in [1.82, 2.24) is 5.32 Å². The molecule has 1 aliphatic rings. The van der Waals surface area contributed by atoms with Gasteiger partial charge in [0, 0.05) is 18.0 Å². The quantitative estimate of drug-likeness (QED) is 0.892. The van der Waals surface area contributed by atoms with Crippen LogP contribution in [0.4, 0.5) is 8.78 Å². The highest BCUT2D eigenvalue weighted by atomic mass is 35.5. The molecule has 3 rings (SSSR count). The summed E-state index contributed by atoms with van der Waals surface area (Å²) >= 11 is 7.22. The van der Waals surface area contributed by atoms with Crippen molar-refractivity contribution in [3.8, 4) is 0 Å². The second-order valence-electron chi connectivity index (χ2n) is 5.04. The second-order valence-corrected chi connectivity index (χ2v) is 6.56. The Morgan fingerprint density at radius 1 is 1.29 bits per heavy atom. The van der Waals surface area contributed by atoms with Crippen LogP contribution < -0.4 is 5.32 Å². The van der Waals surface area contributed by atoms with Crippen LogP contribution in [0, 0.1) is 11.6 Å². The fourth-order valence-corrected chi connectivity index (χ4v) is 3.46. The third kappa shape index (κ3) is 2.80. The minimum Gasteiger partial charge on any atom is -0.349 e. The minimum absolute atomic E-state index is 0.119. The second kappa shape index (κ2) is 5.73. The summed E-state index contributed by atoms with van der Waals surface area (Å²) in [5.74, 6) is -1.53. The number of carbonyl (C=O) groups is 1. The average Bonchev–Trinajstić information content (AvgIpc) is 2.84. The lowest BCUT2D eigenvalue weighted by Crippen LogP contribution is -2.45.